The van der Waals surface area contributed by atoms with Gasteiger partial charge >= 0.3 is 0 Å². The molecule has 6 rings (SSSR count). The minimum Gasteiger partial charge on any atom is -0.491 e. The maximum Gasteiger partial charge on any atom is 0.119 e. The van der Waals surface area contributed by atoms with Gasteiger partial charge in [-0.1, -0.05) is 12.1 Å². The smallest absolute Gasteiger partial charge is 0.119 e. The first kappa shape index (κ1) is 18.9. The van der Waals surface area contributed by atoms with E-state index in [0.717, 1.165) is 42.9 Å². The van der Waals surface area contributed by atoms with Gasteiger partial charge in [-0.2, -0.15) is 0 Å². The zero-order chi connectivity index (χ0) is 19.1. The molecule has 2 N–H and O–H groups in total. The highest BCUT2D eigenvalue weighted by atomic mass is 16.5. The van der Waals surface area contributed by atoms with Gasteiger partial charge in [0, 0.05) is 13.1 Å². The molecule has 4 aliphatic carbocycles. The summed E-state index contributed by atoms with van der Waals surface area (Å²) in [5, 5.41) is 20.1. The van der Waals surface area contributed by atoms with Crippen LogP contribution < -0.4 is 4.74 Å². The predicted octanol–water partition coefficient (Wildman–Crippen LogP) is 3.35. The molecular weight excluding hydrogens is 350 g/mol. The van der Waals surface area contributed by atoms with Crippen molar-refractivity contribution < 1.29 is 14.9 Å². The van der Waals surface area contributed by atoms with Crippen LogP contribution in [0.2, 0.25) is 0 Å². The molecule has 4 nitrogen and oxygen atoms in total. The molecule has 1 aromatic carbocycles. The average molecular weight is 386 g/mol. The first-order valence-corrected chi connectivity index (χ1v) is 11.4. The lowest BCUT2D eigenvalue weighted by Gasteiger charge is -2.57. The van der Waals surface area contributed by atoms with Gasteiger partial charge in [-0.15, -0.1) is 0 Å². The van der Waals surface area contributed by atoms with Crippen molar-refractivity contribution in [3.63, 3.8) is 0 Å². The molecule has 4 heteroatoms. The molecule has 154 valence electrons. The molecule has 1 aliphatic heterocycles. The van der Waals surface area contributed by atoms with Crippen LogP contribution in [0.1, 0.15) is 56.9 Å². The van der Waals surface area contributed by atoms with Crippen molar-refractivity contribution in [1.82, 2.24) is 4.90 Å². The summed E-state index contributed by atoms with van der Waals surface area (Å²) in [6, 6.07) is 8.78. The molecule has 1 aromatic rings. The summed E-state index contributed by atoms with van der Waals surface area (Å²) in [4.78, 5) is 2.14. The normalized spacial score (nSPS) is 38.5. The summed E-state index contributed by atoms with van der Waals surface area (Å²) < 4.78 is 5.87. The lowest BCUT2D eigenvalue weighted by atomic mass is 9.48. The number of rotatable bonds is 6. The van der Waals surface area contributed by atoms with Gasteiger partial charge in [-0.3, -0.25) is 4.90 Å². The van der Waals surface area contributed by atoms with Gasteiger partial charge in [0.1, 0.15) is 18.5 Å². The standard InChI is InChI=1S/C24H35NO3/c26-21-2-1-7-25(14-21)15-22(27)16-28-23-5-3-20(4-6-23)24-11-17-8-18(12-24)10-19(9-17)13-24/h3-6,17-19,21-22,26-27H,1-2,7-16H2. The number of nitrogens with zero attached hydrogens (tertiary/aromatic N) is 1. The van der Waals surface area contributed by atoms with Crippen LogP contribution in [0.3, 0.4) is 0 Å². The molecule has 0 aromatic heterocycles. The highest BCUT2D eigenvalue weighted by molar-refractivity contribution is 5.34. The van der Waals surface area contributed by atoms with Gasteiger partial charge in [0.2, 0.25) is 0 Å². The second kappa shape index (κ2) is 7.62. The molecule has 4 bridgehead atoms. The summed E-state index contributed by atoms with van der Waals surface area (Å²) in [7, 11) is 0. The third-order valence-corrected chi connectivity index (χ3v) is 7.90. The number of likely N-dealkylation sites (tertiary alicyclic amines) is 1. The van der Waals surface area contributed by atoms with E-state index >= 15 is 0 Å². The Kier molecular flexibility index (Phi) is 5.14. The monoisotopic (exact) mass is 385 g/mol. The lowest BCUT2D eigenvalue weighted by Crippen LogP contribution is -2.48. The van der Waals surface area contributed by atoms with E-state index in [0.29, 0.717) is 25.1 Å². The third kappa shape index (κ3) is 3.83. The van der Waals surface area contributed by atoms with Crippen LogP contribution in [0.4, 0.5) is 0 Å². The second-order valence-electron chi connectivity index (χ2n) is 10.2. The Morgan fingerprint density at radius 2 is 1.68 bits per heavy atom. The van der Waals surface area contributed by atoms with E-state index in [2.05, 4.69) is 29.2 Å². The maximum absolute atomic E-state index is 10.3. The van der Waals surface area contributed by atoms with Gasteiger partial charge in [0.05, 0.1) is 6.10 Å². The van der Waals surface area contributed by atoms with Gasteiger partial charge in [-0.25, -0.2) is 0 Å². The SMILES string of the molecule is OC1CCCN(CC(O)COc2ccc(C34CC5CC(CC(C5)C3)C4)cc2)C1. The second-order valence-corrected chi connectivity index (χ2v) is 10.2. The zero-order valence-corrected chi connectivity index (χ0v) is 16.9. The summed E-state index contributed by atoms with van der Waals surface area (Å²) in [5.41, 5.74) is 1.95. The Hall–Kier alpha value is -1.10. The van der Waals surface area contributed by atoms with Crippen LogP contribution in [-0.2, 0) is 5.41 Å². The van der Waals surface area contributed by atoms with Crippen LogP contribution in [0.5, 0.6) is 5.75 Å². The Labute approximate surface area is 168 Å². The molecule has 0 amide bonds. The highest BCUT2D eigenvalue weighted by Crippen LogP contribution is 2.60. The molecule has 1 saturated heterocycles. The first-order valence-electron chi connectivity index (χ1n) is 11.4. The molecule has 2 unspecified atom stereocenters. The van der Waals surface area contributed by atoms with Crippen LogP contribution in [-0.4, -0.2) is 53.6 Å². The summed E-state index contributed by atoms with van der Waals surface area (Å²) in [6.45, 7) is 2.50. The number of β-amino-alcohol motifs (C(OH)–C–C–N with tert-alkyl or cyclic N) is 2. The van der Waals surface area contributed by atoms with Crippen molar-refractivity contribution in [1.29, 1.82) is 0 Å². The molecule has 5 fully saturated rings. The van der Waals surface area contributed by atoms with Crippen LogP contribution in [0, 0.1) is 17.8 Å². The number of aliphatic hydroxyl groups excluding tert-OH is 2. The fourth-order valence-corrected chi connectivity index (χ4v) is 7.11. The van der Waals surface area contributed by atoms with E-state index < -0.39 is 6.10 Å². The molecular formula is C24H35NO3. The van der Waals surface area contributed by atoms with Crippen LogP contribution in [0.25, 0.3) is 0 Å². The summed E-state index contributed by atoms with van der Waals surface area (Å²) >= 11 is 0. The fourth-order valence-electron chi connectivity index (χ4n) is 7.11. The fraction of sp³-hybridized carbons (Fsp3) is 0.750. The summed E-state index contributed by atoms with van der Waals surface area (Å²) in [5.74, 6) is 3.74. The Balaban J connectivity index is 1.16. The minimum atomic E-state index is -0.520. The third-order valence-electron chi connectivity index (χ3n) is 7.90. The predicted molar refractivity (Wildman–Crippen MR) is 109 cm³/mol. The van der Waals surface area contributed by atoms with Crippen molar-refractivity contribution in [3.8, 4) is 5.75 Å². The highest BCUT2D eigenvalue weighted by Gasteiger charge is 2.51. The quantitative estimate of drug-likeness (QED) is 0.789. The van der Waals surface area contributed by atoms with E-state index in [-0.39, 0.29) is 6.10 Å². The molecule has 5 aliphatic rings. The van der Waals surface area contributed by atoms with Gasteiger partial charge < -0.3 is 14.9 Å². The van der Waals surface area contributed by atoms with E-state index in [9.17, 15) is 10.2 Å². The number of hydrogen-bond acceptors (Lipinski definition) is 4. The zero-order valence-electron chi connectivity index (χ0n) is 16.9. The number of hydrogen-bond donors (Lipinski definition) is 2. The average Bonchev–Trinajstić information content (AvgIpc) is 2.66. The molecule has 1 heterocycles. The van der Waals surface area contributed by atoms with Gasteiger partial charge in [0.15, 0.2) is 0 Å². The molecule has 0 radical (unpaired) electrons. The van der Waals surface area contributed by atoms with E-state index in [4.69, 9.17) is 4.74 Å². The lowest BCUT2D eigenvalue weighted by molar-refractivity contribution is -0.00524. The van der Waals surface area contributed by atoms with Crippen LogP contribution in [0.15, 0.2) is 24.3 Å². The molecule has 28 heavy (non-hydrogen) atoms. The van der Waals surface area contributed by atoms with Crippen molar-refractivity contribution in [3.05, 3.63) is 29.8 Å². The maximum atomic E-state index is 10.3. The number of piperidine rings is 1. The van der Waals surface area contributed by atoms with E-state index in [1.54, 1.807) is 0 Å². The number of aliphatic hydroxyl groups is 2. The Morgan fingerprint density at radius 1 is 1.04 bits per heavy atom. The van der Waals surface area contributed by atoms with Gasteiger partial charge in [-0.05, 0) is 98.8 Å². The summed E-state index contributed by atoms with van der Waals surface area (Å²) in [6.07, 6.45) is 9.70. The topological polar surface area (TPSA) is 52.9 Å². The minimum absolute atomic E-state index is 0.251. The Bertz CT molecular complexity index is 638. The van der Waals surface area contributed by atoms with Crippen molar-refractivity contribution in [2.45, 2.75) is 69.0 Å². The van der Waals surface area contributed by atoms with Crippen molar-refractivity contribution in [2.24, 2.45) is 17.8 Å². The number of benzene rings is 1. The largest absolute Gasteiger partial charge is 0.491 e. The molecule has 0 spiro atoms. The molecule has 4 saturated carbocycles. The van der Waals surface area contributed by atoms with Gasteiger partial charge in [0.25, 0.3) is 0 Å². The van der Waals surface area contributed by atoms with Crippen molar-refractivity contribution in [2.75, 3.05) is 26.2 Å². The number of ether oxygens (including phenoxy) is 1. The molecule has 2 atom stereocenters. The van der Waals surface area contributed by atoms with E-state index in [1.165, 1.54) is 44.1 Å². The Morgan fingerprint density at radius 3 is 2.29 bits per heavy atom. The van der Waals surface area contributed by atoms with Crippen LogP contribution >= 0.6 is 0 Å². The first-order chi connectivity index (χ1) is 13.6. The van der Waals surface area contributed by atoms with E-state index in [1.807, 2.05) is 0 Å². The van der Waals surface area contributed by atoms with Crippen molar-refractivity contribution >= 4 is 0 Å².